The molecule has 0 aromatic carbocycles. The smallest absolute Gasteiger partial charge is 0.191 e. The zero-order valence-corrected chi connectivity index (χ0v) is 11.1. The first-order valence-electron chi connectivity index (χ1n) is 5.90. The average Bonchev–Trinajstić information content (AvgIpc) is 2.27. The SMILES string of the molecule is CN=C(NCCc1ccccn1)NC(C)(C)C. The summed E-state index contributed by atoms with van der Waals surface area (Å²) in [6, 6.07) is 5.96. The molecule has 0 unspecified atom stereocenters. The van der Waals surface area contributed by atoms with Crippen molar-refractivity contribution in [1.82, 2.24) is 15.6 Å². The van der Waals surface area contributed by atoms with Crippen molar-refractivity contribution < 1.29 is 0 Å². The van der Waals surface area contributed by atoms with Crippen molar-refractivity contribution in [3.8, 4) is 0 Å². The van der Waals surface area contributed by atoms with Gasteiger partial charge in [0.1, 0.15) is 0 Å². The number of pyridine rings is 1. The standard InChI is InChI=1S/C13H22N4/c1-13(2,3)17-12(14-4)16-10-8-11-7-5-6-9-15-11/h5-7,9H,8,10H2,1-4H3,(H2,14,16,17). The van der Waals surface area contributed by atoms with E-state index in [-0.39, 0.29) is 5.54 Å². The summed E-state index contributed by atoms with van der Waals surface area (Å²) < 4.78 is 0. The maximum atomic E-state index is 4.28. The van der Waals surface area contributed by atoms with Crippen LogP contribution in [0, 0.1) is 0 Å². The molecule has 0 saturated carbocycles. The fraction of sp³-hybridized carbons (Fsp3) is 0.538. The number of rotatable bonds is 3. The fourth-order valence-corrected chi connectivity index (χ4v) is 1.39. The van der Waals surface area contributed by atoms with E-state index in [1.54, 1.807) is 7.05 Å². The third-order valence-corrected chi connectivity index (χ3v) is 2.12. The molecule has 1 heterocycles. The molecule has 1 aromatic heterocycles. The van der Waals surface area contributed by atoms with Crippen LogP contribution in [0.1, 0.15) is 26.5 Å². The first kappa shape index (κ1) is 13.5. The second kappa shape index (κ2) is 6.23. The molecule has 0 saturated heterocycles. The van der Waals surface area contributed by atoms with E-state index in [4.69, 9.17) is 0 Å². The van der Waals surface area contributed by atoms with Crippen LogP contribution in [-0.2, 0) is 6.42 Å². The van der Waals surface area contributed by atoms with Gasteiger partial charge in [0, 0.05) is 37.4 Å². The van der Waals surface area contributed by atoms with Crippen LogP contribution in [0.4, 0.5) is 0 Å². The second-order valence-electron chi connectivity index (χ2n) is 4.95. The second-order valence-corrected chi connectivity index (χ2v) is 4.95. The van der Waals surface area contributed by atoms with Gasteiger partial charge in [-0.2, -0.15) is 0 Å². The Bertz CT molecular complexity index is 351. The molecule has 2 N–H and O–H groups in total. The minimum atomic E-state index is 0.0207. The number of aromatic nitrogens is 1. The highest BCUT2D eigenvalue weighted by Gasteiger charge is 2.11. The maximum absolute atomic E-state index is 4.28. The van der Waals surface area contributed by atoms with Crippen LogP contribution in [0.15, 0.2) is 29.4 Å². The minimum Gasteiger partial charge on any atom is -0.356 e. The Labute approximate surface area is 104 Å². The van der Waals surface area contributed by atoms with Gasteiger partial charge in [-0.3, -0.25) is 9.98 Å². The van der Waals surface area contributed by atoms with Crippen molar-refractivity contribution in [2.75, 3.05) is 13.6 Å². The molecular weight excluding hydrogens is 212 g/mol. The molecule has 17 heavy (non-hydrogen) atoms. The van der Waals surface area contributed by atoms with Gasteiger partial charge in [-0.05, 0) is 32.9 Å². The molecule has 0 bridgehead atoms. The van der Waals surface area contributed by atoms with Gasteiger partial charge in [0.05, 0.1) is 0 Å². The van der Waals surface area contributed by atoms with Crippen LogP contribution in [0.25, 0.3) is 0 Å². The summed E-state index contributed by atoms with van der Waals surface area (Å²) >= 11 is 0. The molecule has 4 heteroatoms. The topological polar surface area (TPSA) is 49.3 Å². The number of hydrogen-bond donors (Lipinski definition) is 2. The summed E-state index contributed by atoms with van der Waals surface area (Å²) in [5, 5.41) is 6.58. The zero-order chi connectivity index (χ0) is 12.7. The molecular formula is C13H22N4. The van der Waals surface area contributed by atoms with E-state index >= 15 is 0 Å². The van der Waals surface area contributed by atoms with Gasteiger partial charge in [-0.1, -0.05) is 6.07 Å². The third kappa shape index (κ3) is 5.90. The van der Waals surface area contributed by atoms with Crippen molar-refractivity contribution in [3.63, 3.8) is 0 Å². The van der Waals surface area contributed by atoms with Gasteiger partial charge in [0.25, 0.3) is 0 Å². The molecule has 0 atom stereocenters. The van der Waals surface area contributed by atoms with E-state index in [2.05, 4.69) is 41.4 Å². The lowest BCUT2D eigenvalue weighted by Crippen LogP contribution is -2.48. The number of nitrogens with one attached hydrogen (secondary N) is 2. The lowest BCUT2D eigenvalue weighted by atomic mass is 10.1. The minimum absolute atomic E-state index is 0.0207. The number of hydrogen-bond acceptors (Lipinski definition) is 2. The molecule has 1 rings (SSSR count). The van der Waals surface area contributed by atoms with Gasteiger partial charge in [-0.25, -0.2) is 0 Å². The molecule has 0 fully saturated rings. The van der Waals surface area contributed by atoms with Gasteiger partial charge < -0.3 is 10.6 Å². The first-order chi connectivity index (χ1) is 8.01. The normalized spacial score (nSPS) is 12.4. The van der Waals surface area contributed by atoms with Crippen LogP contribution in [-0.4, -0.2) is 30.1 Å². The highest BCUT2D eigenvalue weighted by atomic mass is 15.2. The third-order valence-electron chi connectivity index (χ3n) is 2.12. The Kier molecular flexibility index (Phi) is 4.94. The number of nitrogens with zero attached hydrogens (tertiary/aromatic N) is 2. The van der Waals surface area contributed by atoms with E-state index in [1.807, 2.05) is 24.4 Å². The van der Waals surface area contributed by atoms with Crippen LogP contribution in [0.2, 0.25) is 0 Å². The van der Waals surface area contributed by atoms with Crippen LogP contribution >= 0.6 is 0 Å². The largest absolute Gasteiger partial charge is 0.356 e. The van der Waals surface area contributed by atoms with Crippen LogP contribution < -0.4 is 10.6 Å². The lowest BCUT2D eigenvalue weighted by Gasteiger charge is -2.23. The summed E-state index contributed by atoms with van der Waals surface area (Å²) in [6.07, 6.45) is 2.71. The predicted octanol–water partition coefficient (Wildman–Crippen LogP) is 1.59. The Morgan fingerprint density at radius 3 is 2.65 bits per heavy atom. The van der Waals surface area contributed by atoms with E-state index < -0.39 is 0 Å². The maximum Gasteiger partial charge on any atom is 0.191 e. The molecule has 0 amide bonds. The molecule has 0 aliphatic carbocycles. The van der Waals surface area contributed by atoms with Crippen LogP contribution in [0.3, 0.4) is 0 Å². The Hall–Kier alpha value is -1.58. The first-order valence-corrected chi connectivity index (χ1v) is 5.90. The molecule has 94 valence electrons. The summed E-state index contributed by atoms with van der Waals surface area (Å²) in [7, 11) is 1.78. The summed E-state index contributed by atoms with van der Waals surface area (Å²) in [5.74, 6) is 0.827. The summed E-state index contributed by atoms with van der Waals surface area (Å²) in [4.78, 5) is 8.45. The van der Waals surface area contributed by atoms with Crippen molar-refractivity contribution in [2.24, 2.45) is 4.99 Å². The average molecular weight is 234 g/mol. The van der Waals surface area contributed by atoms with E-state index in [9.17, 15) is 0 Å². The van der Waals surface area contributed by atoms with Crippen molar-refractivity contribution in [2.45, 2.75) is 32.7 Å². The quantitative estimate of drug-likeness (QED) is 0.617. The molecule has 1 aromatic rings. The Balaban J connectivity index is 2.35. The summed E-state index contributed by atoms with van der Waals surface area (Å²) in [5.41, 5.74) is 1.11. The highest BCUT2D eigenvalue weighted by molar-refractivity contribution is 5.80. The molecule has 0 radical (unpaired) electrons. The molecule has 0 spiro atoms. The fourth-order valence-electron chi connectivity index (χ4n) is 1.39. The number of guanidine groups is 1. The van der Waals surface area contributed by atoms with Crippen LogP contribution in [0.5, 0.6) is 0 Å². The van der Waals surface area contributed by atoms with E-state index in [0.717, 1.165) is 24.6 Å². The van der Waals surface area contributed by atoms with Crippen molar-refractivity contribution in [1.29, 1.82) is 0 Å². The van der Waals surface area contributed by atoms with Crippen molar-refractivity contribution in [3.05, 3.63) is 30.1 Å². The predicted molar refractivity (Wildman–Crippen MR) is 72.2 cm³/mol. The molecule has 4 nitrogen and oxygen atoms in total. The van der Waals surface area contributed by atoms with Crippen molar-refractivity contribution >= 4 is 5.96 Å². The lowest BCUT2D eigenvalue weighted by molar-refractivity contribution is 0.501. The summed E-state index contributed by atoms with van der Waals surface area (Å²) in [6.45, 7) is 7.16. The van der Waals surface area contributed by atoms with E-state index in [0.29, 0.717) is 0 Å². The van der Waals surface area contributed by atoms with Gasteiger partial charge >= 0.3 is 0 Å². The van der Waals surface area contributed by atoms with E-state index in [1.165, 1.54) is 0 Å². The zero-order valence-electron chi connectivity index (χ0n) is 11.1. The monoisotopic (exact) mass is 234 g/mol. The van der Waals surface area contributed by atoms with Gasteiger partial charge in [0.2, 0.25) is 0 Å². The molecule has 0 aliphatic rings. The van der Waals surface area contributed by atoms with Gasteiger partial charge in [-0.15, -0.1) is 0 Å². The Morgan fingerprint density at radius 1 is 1.35 bits per heavy atom. The molecule has 0 aliphatic heterocycles. The highest BCUT2D eigenvalue weighted by Crippen LogP contribution is 1.98. The Morgan fingerprint density at radius 2 is 2.12 bits per heavy atom. The van der Waals surface area contributed by atoms with Gasteiger partial charge in [0.15, 0.2) is 5.96 Å². The number of aliphatic imine (C=N–C) groups is 1.